The van der Waals surface area contributed by atoms with Gasteiger partial charge in [0, 0.05) is 18.1 Å². The van der Waals surface area contributed by atoms with Gasteiger partial charge in [0.1, 0.15) is 5.82 Å². The Bertz CT molecular complexity index is 420. The van der Waals surface area contributed by atoms with Gasteiger partial charge in [0.15, 0.2) is 0 Å². The van der Waals surface area contributed by atoms with Crippen LogP contribution in [0.1, 0.15) is 0 Å². The van der Waals surface area contributed by atoms with Crippen LogP contribution >= 0.6 is 0 Å². The van der Waals surface area contributed by atoms with E-state index in [1.54, 1.807) is 18.5 Å². The molecule has 0 saturated carbocycles. The number of halogens is 1. The highest BCUT2D eigenvalue weighted by atomic mass is 19.1. The number of hydrogen-bond acceptors (Lipinski definition) is 2. The molecule has 1 aromatic heterocycles. The van der Waals surface area contributed by atoms with Crippen LogP contribution in [0, 0.1) is 5.82 Å². The van der Waals surface area contributed by atoms with E-state index in [4.69, 9.17) is 5.73 Å². The molecule has 70 valence electrons. The lowest BCUT2D eigenvalue weighted by Crippen LogP contribution is -1.88. The minimum atomic E-state index is -0.322. The first-order chi connectivity index (χ1) is 6.75. The maximum absolute atomic E-state index is 13.0. The Labute approximate surface area is 81.2 Å². The van der Waals surface area contributed by atoms with Gasteiger partial charge in [0.2, 0.25) is 0 Å². The van der Waals surface area contributed by atoms with Gasteiger partial charge >= 0.3 is 0 Å². The van der Waals surface area contributed by atoms with Crippen LogP contribution in [-0.2, 0) is 0 Å². The molecular weight excluding hydrogens is 179 g/mol. The van der Waals surface area contributed by atoms with E-state index in [0.717, 1.165) is 11.1 Å². The van der Waals surface area contributed by atoms with E-state index in [2.05, 4.69) is 4.98 Å². The van der Waals surface area contributed by atoms with Gasteiger partial charge in [-0.3, -0.25) is 4.98 Å². The molecule has 0 spiro atoms. The predicted octanol–water partition coefficient (Wildman–Crippen LogP) is 2.47. The largest absolute Gasteiger partial charge is 0.399 e. The normalized spacial score (nSPS) is 10.1. The topological polar surface area (TPSA) is 38.9 Å². The Hall–Kier alpha value is -1.90. The summed E-state index contributed by atoms with van der Waals surface area (Å²) in [5.74, 6) is -0.322. The lowest BCUT2D eigenvalue weighted by Gasteiger charge is -2.02. The third kappa shape index (κ3) is 1.71. The number of rotatable bonds is 1. The number of nitrogens with two attached hydrogens (primary N) is 1. The standard InChI is InChI=1S/C11H9FN2/c12-10-5-9(6-11(13)7-10)8-1-3-14-4-2-8/h1-7H,13H2. The molecule has 0 fully saturated rings. The van der Waals surface area contributed by atoms with Crippen molar-refractivity contribution in [1.29, 1.82) is 0 Å². The Morgan fingerprint density at radius 1 is 1.00 bits per heavy atom. The van der Waals surface area contributed by atoms with Gasteiger partial charge in [-0.15, -0.1) is 0 Å². The third-order valence-corrected chi connectivity index (χ3v) is 1.93. The second-order valence-corrected chi connectivity index (χ2v) is 3.01. The minimum Gasteiger partial charge on any atom is -0.399 e. The van der Waals surface area contributed by atoms with Gasteiger partial charge in [-0.05, 0) is 41.5 Å². The first-order valence-corrected chi connectivity index (χ1v) is 4.22. The monoisotopic (exact) mass is 188 g/mol. The molecule has 2 rings (SSSR count). The van der Waals surface area contributed by atoms with Crippen molar-refractivity contribution in [1.82, 2.24) is 4.98 Å². The van der Waals surface area contributed by atoms with E-state index in [0.29, 0.717) is 5.69 Å². The van der Waals surface area contributed by atoms with Crippen molar-refractivity contribution < 1.29 is 4.39 Å². The molecule has 0 aliphatic rings. The second-order valence-electron chi connectivity index (χ2n) is 3.01. The SMILES string of the molecule is Nc1cc(F)cc(-c2ccncc2)c1. The summed E-state index contributed by atoms with van der Waals surface area (Å²) < 4.78 is 13.0. The molecule has 0 radical (unpaired) electrons. The van der Waals surface area contributed by atoms with Crippen molar-refractivity contribution >= 4 is 5.69 Å². The molecule has 0 amide bonds. The zero-order valence-electron chi connectivity index (χ0n) is 7.44. The molecule has 2 N–H and O–H groups in total. The molecule has 0 unspecified atom stereocenters. The summed E-state index contributed by atoms with van der Waals surface area (Å²) in [7, 11) is 0. The minimum absolute atomic E-state index is 0.322. The summed E-state index contributed by atoms with van der Waals surface area (Å²) in [4.78, 5) is 3.89. The van der Waals surface area contributed by atoms with Crippen LogP contribution in [0.25, 0.3) is 11.1 Å². The average molecular weight is 188 g/mol. The lowest BCUT2D eigenvalue weighted by atomic mass is 10.1. The van der Waals surface area contributed by atoms with Crippen LogP contribution in [0.5, 0.6) is 0 Å². The summed E-state index contributed by atoms with van der Waals surface area (Å²) in [5.41, 5.74) is 7.65. The van der Waals surface area contributed by atoms with E-state index in [1.165, 1.54) is 12.1 Å². The van der Waals surface area contributed by atoms with Crippen molar-refractivity contribution in [2.75, 3.05) is 5.73 Å². The molecule has 2 nitrogen and oxygen atoms in total. The third-order valence-electron chi connectivity index (χ3n) is 1.93. The zero-order chi connectivity index (χ0) is 9.97. The molecule has 14 heavy (non-hydrogen) atoms. The fourth-order valence-electron chi connectivity index (χ4n) is 1.32. The van der Waals surface area contributed by atoms with Gasteiger partial charge in [-0.25, -0.2) is 4.39 Å². The van der Waals surface area contributed by atoms with E-state index >= 15 is 0 Å². The Morgan fingerprint density at radius 2 is 1.71 bits per heavy atom. The highest BCUT2D eigenvalue weighted by Gasteiger charge is 2.00. The lowest BCUT2D eigenvalue weighted by molar-refractivity contribution is 0.629. The summed E-state index contributed by atoms with van der Waals surface area (Å²) >= 11 is 0. The van der Waals surface area contributed by atoms with Crippen molar-refractivity contribution in [2.45, 2.75) is 0 Å². The summed E-state index contributed by atoms with van der Waals surface area (Å²) in [6.07, 6.45) is 3.33. The van der Waals surface area contributed by atoms with Crippen LogP contribution in [0.3, 0.4) is 0 Å². The Kier molecular flexibility index (Phi) is 2.14. The number of benzene rings is 1. The summed E-state index contributed by atoms with van der Waals surface area (Å²) in [6, 6.07) is 8.11. The molecule has 1 aromatic carbocycles. The number of pyridine rings is 1. The van der Waals surface area contributed by atoms with Crippen LogP contribution in [0.2, 0.25) is 0 Å². The highest BCUT2D eigenvalue weighted by molar-refractivity contribution is 5.66. The number of anilines is 1. The summed E-state index contributed by atoms with van der Waals surface area (Å²) in [6.45, 7) is 0. The fourth-order valence-corrected chi connectivity index (χ4v) is 1.32. The molecule has 0 saturated heterocycles. The molecule has 2 aromatic rings. The number of nitrogen functional groups attached to an aromatic ring is 1. The Balaban J connectivity index is 2.52. The van der Waals surface area contributed by atoms with E-state index in [9.17, 15) is 4.39 Å². The first kappa shape index (κ1) is 8.69. The van der Waals surface area contributed by atoms with Gasteiger partial charge in [-0.1, -0.05) is 0 Å². The molecule has 3 heteroatoms. The van der Waals surface area contributed by atoms with Gasteiger partial charge in [0.25, 0.3) is 0 Å². The second kappa shape index (κ2) is 3.46. The molecule has 1 heterocycles. The molecule has 0 aliphatic carbocycles. The molecule has 0 atom stereocenters. The van der Waals surface area contributed by atoms with E-state index in [1.807, 2.05) is 12.1 Å². The first-order valence-electron chi connectivity index (χ1n) is 4.22. The zero-order valence-corrected chi connectivity index (χ0v) is 7.44. The van der Waals surface area contributed by atoms with Gasteiger partial charge < -0.3 is 5.73 Å². The van der Waals surface area contributed by atoms with Crippen molar-refractivity contribution in [3.05, 3.63) is 48.5 Å². The van der Waals surface area contributed by atoms with Crippen LogP contribution in [-0.4, -0.2) is 4.98 Å². The maximum atomic E-state index is 13.0. The number of hydrogen-bond donors (Lipinski definition) is 1. The van der Waals surface area contributed by atoms with Crippen LogP contribution in [0.15, 0.2) is 42.7 Å². The predicted molar refractivity (Wildman–Crippen MR) is 54.0 cm³/mol. The molecule has 0 bridgehead atoms. The average Bonchev–Trinajstić information content (AvgIpc) is 2.18. The van der Waals surface area contributed by atoms with Crippen LogP contribution in [0.4, 0.5) is 10.1 Å². The fraction of sp³-hybridized carbons (Fsp3) is 0. The molecular formula is C11H9FN2. The van der Waals surface area contributed by atoms with Crippen molar-refractivity contribution in [2.24, 2.45) is 0 Å². The highest BCUT2D eigenvalue weighted by Crippen LogP contribution is 2.21. The van der Waals surface area contributed by atoms with E-state index < -0.39 is 0 Å². The number of aromatic nitrogens is 1. The van der Waals surface area contributed by atoms with Crippen molar-refractivity contribution in [3.8, 4) is 11.1 Å². The van der Waals surface area contributed by atoms with Gasteiger partial charge in [-0.2, -0.15) is 0 Å². The quantitative estimate of drug-likeness (QED) is 0.698. The Morgan fingerprint density at radius 3 is 2.36 bits per heavy atom. The van der Waals surface area contributed by atoms with Gasteiger partial charge in [0.05, 0.1) is 0 Å². The van der Waals surface area contributed by atoms with Crippen molar-refractivity contribution in [3.63, 3.8) is 0 Å². The maximum Gasteiger partial charge on any atom is 0.125 e. The smallest absolute Gasteiger partial charge is 0.125 e. The molecule has 0 aliphatic heterocycles. The van der Waals surface area contributed by atoms with E-state index in [-0.39, 0.29) is 5.82 Å². The summed E-state index contributed by atoms with van der Waals surface area (Å²) in [5, 5.41) is 0. The van der Waals surface area contributed by atoms with Crippen LogP contribution < -0.4 is 5.73 Å². The number of nitrogens with zero attached hydrogens (tertiary/aromatic N) is 1.